The summed E-state index contributed by atoms with van der Waals surface area (Å²) in [5, 5.41) is 0. The predicted octanol–water partition coefficient (Wildman–Crippen LogP) is 2.22. The van der Waals surface area contributed by atoms with Gasteiger partial charge in [0.1, 0.15) is 0 Å². The number of aromatic nitrogens is 2. The number of ether oxygens (including phenoxy) is 2. The van der Waals surface area contributed by atoms with Crippen molar-refractivity contribution in [3.63, 3.8) is 0 Å². The zero-order valence-corrected chi connectivity index (χ0v) is 14.7. The van der Waals surface area contributed by atoms with Crippen molar-refractivity contribution < 1.29 is 14.3 Å². The van der Waals surface area contributed by atoms with Crippen LogP contribution in [0.25, 0.3) is 11.0 Å². The van der Waals surface area contributed by atoms with Gasteiger partial charge in [0.2, 0.25) is 5.91 Å². The Balaban J connectivity index is 1.41. The number of hydrogen-bond acceptors (Lipinski definition) is 4. The van der Waals surface area contributed by atoms with E-state index in [9.17, 15) is 4.79 Å². The zero-order valence-electron chi connectivity index (χ0n) is 14.7. The van der Waals surface area contributed by atoms with Crippen molar-refractivity contribution in [2.75, 3.05) is 26.3 Å². The molecular weight excluding hydrogens is 318 g/mol. The molecule has 2 saturated heterocycles. The number of carbonyl (C=O) groups excluding carboxylic acids is 1. The molecule has 1 aromatic carbocycles. The Morgan fingerprint density at radius 2 is 2.12 bits per heavy atom. The molecule has 0 N–H and O–H groups in total. The van der Waals surface area contributed by atoms with Crippen LogP contribution in [0.3, 0.4) is 0 Å². The molecule has 25 heavy (non-hydrogen) atoms. The minimum Gasteiger partial charge on any atom is -0.381 e. The first kappa shape index (κ1) is 16.5. The minimum atomic E-state index is -0.215. The van der Waals surface area contributed by atoms with Gasteiger partial charge in [0.15, 0.2) is 0 Å². The van der Waals surface area contributed by atoms with Crippen LogP contribution in [0, 0.1) is 0 Å². The van der Waals surface area contributed by atoms with Gasteiger partial charge in [0.25, 0.3) is 0 Å². The van der Waals surface area contributed by atoms with Crippen molar-refractivity contribution in [1.82, 2.24) is 14.5 Å². The van der Waals surface area contributed by atoms with Gasteiger partial charge in [-0.2, -0.15) is 0 Å². The predicted molar refractivity (Wildman–Crippen MR) is 94.3 cm³/mol. The number of benzene rings is 1. The molecule has 2 aliphatic rings. The molecule has 0 saturated carbocycles. The molecule has 2 aliphatic heterocycles. The Morgan fingerprint density at radius 1 is 1.32 bits per heavy atom. The fraction of sp³-hybridized carbons (Fsp3) is 0.579. The van der Waals surface area contributed by atoms with Crippen molar-refractivity contribution in [3.05, 3.63) is 30.6 Å². The maximum atomic E-state index is 12.8. The van der Waals surface area contributed by atoms with E-state index in [1.165, 1.54) is 0 Å². The molecule has 3 heterocycles. The maximum Gasteiger partial charge on any atom is 0.224 e. The largest absolute Gasteiger partial charge is 0.381 e. The number of aryl methyl sites for hydroxylation is 1. The second kappa shape index (κ2) is 6.77. The number of hydrogen-bond donors (Lipinski definition) is 0. The number of imidazole rings is 1. The summed E-state index contributed by atoms with van der Waals surface area (Å²) in [5.41, 5.74) is 1.83. The lowest BCUT2D eigenvalue weighted by Crippen LogP contribution is -2.58. The topological polar surface area (TPSA) is 56.6 Å². The third-order valence-electron chi connectivity index (χ3n) is 5.26. The van der Waals surface area contributed by atoms with Crippen LogP contribution in [0.1, 0.15) is 26.2 Å². The third-order valence-corrected chi connectivity index (χ3v) is 5.26. The summed E-state index contributed by atoms with van der Waals surface area (Å²) < 4.78 is 13.7. The average Bonchev–Trinajstić information content (AvgIpc) is 3.03. The monoisotopic (exact) mass is 343 g/mol. The molecule has 0 bridgehead atoms. The molecule has 0 aliphatic carbocycles. The Hall–Kier alpha value is -1.92. The summed E-state index contributed by atoms with van der Waals surface area (Å²) in [6.07, 6.45) is 4.12. The lowest BCUT2D eigenvalue weighted by Gasteiger charge is -2.47. The van der Waals surface area contributed by atoms with Crippen LogP contribution in [0.5, 0.6) is 0 Å². The zero-order chi connectivity index (χ0) is 17.3. The summed E-state index contributed by atoms with van der Waals surface area (Å²) in [4.78, 5) is 19.2. The molecule has 6 heteroatoms. The second-order valence-corrected chi connectivity index (χ2v) is 7.17. The Labute approximate surface area is 147 Å². The van der Waals surface area contributed by atoms with E-state index in [4.69, 9.17) is 9.47 Å². The van der Waals surface area contributed by atoms with Crippen molar-refractivity contribution in [3.8, 4) is 0 Å². The van der Waals surface area contributed by atoms with E-state index in [2.05, 4.69) is 16.5 Å². The molecule has 1 amide bonds. The summed E-state index contributed by atoms with van der Waals surface area (Å²) in [6, 6.07) is 8.01. The highest BCUT2D eigenvalue weighted by atomic mass is 16.5. The van der Waals surface area contributed by atoms with Crippen molar-refractivity contribution in [2.24, 2.45) is 0 Å². The Kier molecular flexibility index (Phi) is 4.48. The molecule has 1 atom stereocenters. The molecule has 134 valence electrons. The summed E-state index contributed by atoms with van der Waals surface area (Å²) in [7, 11) is 0. The van der Waals surface area contributed by atoms with Crippen molar-refractivity contribution in [1.29, 1.82) is 0 Å². The van der Waals surface area contributed by atoms with Crippen LogP contribution < -0.4 is 0 Å². The van der Waals surface area contributed by atoms with Crippen molar-refractivity contribution >= 4 is 16.9 Å². The van der Waals surface area contributed by atoms with E-state index in [1.54, 1.807) is 0 Å². The van der Waals surface area contributed by atoms with Gasteiger partial charge in [0.05, 0.1) is 29.1 Å². The first-order chi connectivity index (χ1) is 12.2. The molecule has 1 unspecified atom stereocenters. The molecule has 4 rings (SSSR count). The van der Waals surface area contributed by atoms with E-state index in [0.717, 1.165) is 37.1 Å². The SMILES string of the molecule is CC1CN(C(=O)CCn2cnc3ccccc32)CC2(CCOCC2)O1. The van der Waals surface area contributed by atoms with Gasteiger partial charge in [-0.05, 0) is 19.1 Å². The lowest BCUT2D eigenvalue weighted by atomic mass is 9.91. The van der Waals surface area contributed by atoms with Gasteiger partial charge in [-0.25, -0.2) is 4.98 Å². The highest BCUT2D eigenvalue weighted by Crippen LogP contribution is 2.31. The number of para-hydroxylation sites is 2. The van der Waals surface area contributed by atoms with E-state index in [1.807, 2.05) is 35.5 Å². The third kappa shape index (κ3) is 3.41. The Bertz CT molecular complexity index is 751. The van der Waals surface area contributed by atoms with Gasteiger partial charge in [0, 0.05) is 52.1 Å². The van der Waals surface area contributed by atoms with E-state index in [-0.39, 0.29) is 17.6 Å². The first-order valence-electron chi connectivity index (χ1n) is 9.08. The lowest BCUT2D eigenvalue weighted by molar-refractivity contribution is -0.189. The Morgan fingerprint density at radius 3 is 2.96 bits per heavy atom. The van der Waals surface area contributed by atoms with Gasteiger partial charge in [-0.15, -0.1) is 0 Å². The van der Waals surface area contributed by atoms with Gasteiger partial charge in [-0.1, -0.05) is 12.1 Å². The molecule has 2 aromatic rings. The van der Waals surface area contributed by atoms with Crippen molar-refractivity contribution in [2.45, 2.75) is 44.4 Å². The van der Waals surface area contributed by atoms with Crippen LogP contribution in [0.15, 0.2) is 30.6 Å². The van der Waals surface area contributed by atoms with Gasteiger partial charge in [-0.3, -0.25) is 4.79 Å². The van der Waals surface area contributed by atoms with Crippen LogP contribution in [0.4, 0.5) is 0 Å². The number of fused-ring (bicyclic) bond motifs is 1. The smallest absolute Gasteiger partial charge is 0.224 e. The number of morpholine rings is 1. The minimum absolute atomic E-state index is 0.0740. The highest BCUT2D eigenvalue weighted by Gasteiger charge is 2.41. The molecule has 2 fully saturated rings. The van der Waals surface area contributed by atoms with Crippen LogP contribution in [-0.4, -0.2) is 58.4 Å². The maximum absolute atomic E-state index is 12.8. The first-order valence-corrected chi connectivity index (χ1v) is 9.08. The number of amides is 1. The molecular formula is C19H25N3O3. The fourth-order valence-electron chi connectivity index (χ4n) is 4.00. The summed E-state index contributed by atoms with van der Waals surface area (Å²) >= 11 is 0. The summed E-state index contributed by atoms with van der Waals surface area (Å²) in [5.74, 6) is 0.193. The van der Waals surface area contributed by atoms with Crippen LogP contribution in [-0.2, 0) is 20.8 Å². The van der Waals surface area contributed by atoms with E-state index >= 15 is 0 Å². The number of rotatable bonds is 3. The quantitative estimate of drug-likeness (QED) is 0.857. The molecule has 6 nitrogen and oxygen atoms in total. The van der Waals surface area contributed by atoms with Crippen LogP contribution >= 0.6 is 0 Å². The van der Waals surface area contributed by atoms with Gasteiger partial charge < -0.3 is 18.9 Å². The average molecular weight is 343 g/mol. The normalized spacial score (nSPS) is 23.2. The number of nitrogens with zero attached hydrogens (tertiary/aromatic N) is 3. The number of carbonyl (C=O) groups is 1. The standard InChI is InChI=1S/C19H25N3O3/c1-15-12-22(13-19(25-15)7-10-24-11-8-19)18(23)6-9-21-14-20-16-4-2-3-5-17(16)21/h2-5,14-15H,6-13H2,1H3. The molecule has 0 radical (unpaired) electrons. The van der Waals surface area contributed by atoms with E-state index < -0.39 is 0 Å². The second-order valence-electron chi connectivity index (χ2n) is 7.17. The molecule has 1 aromatic heterocycles. The highest BCUT2D eigenvalue weighted by molar-refractivity contribution is 5.77. The van der Waals surface area contributed by atoms with Gasteiger partial charge >= 0.3 is 0 Å². The molecule has 1 spiro atoms. The summed E-state index contributed by atoms with van der Waals surface area (Å²) in [6.45, 7) is 5.50. The van der Waals surface area contributed by atoms with Crippen LogP contribution in [0.2, 0.25) is 0 Å². The van der Waals surface area contributed by atoms with E-state index in [0.29, 0.717) is 26.1 Å². The fourth-order valence-corrected chi connectivity index (χ4v) is 4.00.